The molecular weight excluding hydrogens is 667 g/mol. The van der Waals surface area contributed by atoms with Gasteiger partial charge in [0.15, 0.2) is 0 Å². The van der Waals surface area contributed by atoms with Crippen LogP contribution in [0.25, 0.3) is 73.4 Å². The molecule has 2 heterocycles. The highest BCUT2D eigenvalue weighted by atomic mass is 32.1. The van der Waals surface area contributed by atoms with Crippen molar-refractivity contribution in [2.24, 2.45) is 0 Å². The molecule has 0 saturated carbocycles. The molecule has 0 radical (unpaired) electrons. The lowest BCUT2D eigenvalue weighted by molar-refractivity contribution is 0.660. The van der Waals surface area contributed by atoms with E-state index in [2.05, 4.69) is 183 Å². The molecule has 0 amide bonds. The number of nitrogens with zero attached hydrogens (tertiary/aromatic N) is 1. The van der Waals surface area contributed by atoms with E-state index in [1.807, 2.05) is 22.7 Å². The first-order valence-corrected chi connectivity index (χ1v) is 19.5. The summed E-state index contributed by atoms with van der Waals surface area (Å²) < 4.78 is 5.31. The summed E-state index contributed by atoms with van der Waals surface area (Å²) in [5.41, 5.74) is 11.3. The smallest absolute Gasteiger partial charge is 0.0543 e. The third-order valence-electron chi connectivity index (χ3n) is 11.2. The van der Waals surface area contributed by atoms with Crippen molar-refractivity contribution in [2.75, 3.05) is 4.90 Å². The Hall–Kier alpha value is -5.74. The molecule has 52 heavy (non-hydrogen) atoms. The van der Waals surface area contributed by atoms with Crippen LogP contribution in [0.3, 0.4) is 0 Å². The van der Waals surface area contributed by atoms with Crippen LogP contribution in [-0.4, -0.2) is 0 Å². The van der Waals surface area contributed by atoms with Crippen molar-refractivity contribution in [3.63, 3.8) is 0 Å². The molecule has 0 bridgehead atoms. The number of rotatable bonds is 4. The SMILES string of the molecule is CC1(C)c2ccccc2-c2c(N(c3ccc(-c4ccc5sc6cc7ccccc7cc6c5c4)cc3)c3ccc4sc5ccccc5c4c3)cccc21. The lowest BCUT2D eigenvalue weighted by atomic mass is 9.82. The second kappa shape index (κ2) is 11.1. The van der Waals surface area contributed by atoms with Gasteiger partial charge >= 0.3 is 0 Å². The number of hydrogen-bond acceptors (Lipinski definition) is 3. The van der Waals surface area contributed by atoms with Gasteiger partial charge in [-0.05, 0) is 105 Å². The molecule has 0 N–H and O–H groups in total. The van der Waals surface area contributed by atoms with E-state index >= 15 is 0 Å². The van der Waals surface area contributed by atoms with Crippen molar-refractivity contribution in [1.29, 1.82) is 0 Å². The van der Waals surface area contributed by atoms with Gasteiger partial charge in [0.05, 0.1) is 5.69 Å². The van der Waals surface area contributed by atoms with Gasteiger partial charge in [-0.1, -0.05) is 111 Å². The third kappa shape index (κ3) is 4.40. The van der Waals surface area contributed by atoms with Gasteiger partial charge in [-0.2, -0.15) is 0 Å². The van der Waals surface area contributed by atoms with Crippen molar-refractivity contribution < 1.29 is 0 Å². The van der Waals surface area contributed by atoms with Gasteiger partial charge in [-0.25, -0.2) is 0 Å². The van der Waals surface area contributed by atoms with Crippen LogP contribution in [-0.2, 0) is 5.41 Å². The molecule has 0 spiro atoms. The molecule has 11 rings (SSSR count). The molecule has 1 nitrogen and oxygen atoms in total. The molecule has 1 aliphatic carbocycles. The third-order valence-corrected chi connectivity index (χ3v) is 13.5. The lowest BCUT2D eigenvalue weighted by Crippen LogP contribution is -2.16. The first-order valence-electron chi connectivity index (χ1n) is 17.9. The normalized spacial score (nSPS) is 13.3. The highest BCUT2D eigenvalue weighted by Gasteiger charge is 2.37. The minimum atomic E-state index is -0.0816. The quantitative estimate of drug-likeness (QED) is 0.177. The summed E-state index contributed by atoms with van der Waals surface area (Å²) in [6.07, 6.45) is 0. The number of hydrogen-bond donors (Lipinski definition) is 0. The van der Waals surface area contributed by atoms with E-state index in [0.717, 1.165) is 11.4 Å². The van der Waals surface area contributed by atoms with Crippen LogP contribution < -0.4 is 4.90 Å². The summed E-state index contributed by atoms with van der Waals surface area (Å²) in [5, 5.41) is 7.86. The van der Waals surface area contributed by atoms with E-state index < -0.39 is 0 Å². The van der Waals surface area contributed by atoms with Crippen LogP contribution in [0.2, 0.25) is 0 Å². The van der Waals surface area contributed by atoms with E-state index in [1.54, 1.807) is 0 Å². The Morgan fingerprint density at radius 2 is 1.04 bits per heavy atom. The predicted molar refractivity (Wildman–Crippen MR) is 227 cm³/mol. The van der Waals surface area contributed by atoms with E-state index in [4.69, 9.17) is 0 Å². The summed E-state index contributed by atoms with van der Waals surface area (Å²) >= 11 is 3.75. The van der Waals surface area contributed by atoms with Gasteiger partial charge in [0.1, 0.15) is 0 Å². The van der Waals surface area contributed by atoms with Crippen LogP contribution in [0.5, 0.6) is 0 Å². The Labute approximate surface area is 310 Å². The topological polar surface area (TPSA) is 3.24 Å². The van der Waals surface area contributed by atoms with Crippen LogP contribution in [0, 0.1) is 0 Å². The van der Waals surface area contributed by atoms with Crippen molar-refractivity contribution in [3.8, 4) is 22.3 Å². The molecule has 0 atom stereocenters. The van der Waals surface area contributed by atoms with Crippen LogP contribution in [0.4, 0.5) is 17.1 Å². The van der Waals surface area contributed by atoms with E-state index in [-0.39, 0.29) is 5.41 Å². The van der Waals surface area contributed by atoms with Gasteiger partial charge in [0.25, 0.3) is 0 Å². The zero-order valence-electron chi connectivity index (χ0n) is 28.9. The van der Waals surface area contributed by atoms with Crippen molar-refractivity contribution in [1.82, 2.24) is 0 Å². The average Bonchev–Trinajstić information content (AvgIpc) is 3.81. The Balaban J connectivity index is 1.08. The molecule has 8 aromatic carbocycles. The van der Waals surface area contributed by atoms with Gasteiger partial charge in [-0.15, -0.1) is 22.7 Å². The Kier molecular flexibility index (Phi) is 6.41. The van der Waals surface area contributed by atoms with Gasteiger partial charge in [0.2, 0.25) is 0 Å². The summed E-state index contributed by atoms with van der Waals surface area (Å²) in [5.74, 6) is 0. The Bertz CT molecular complexity index is 3050. The standard InChI is InChI=1S/C49H33NS2/c1-49(2)41-14-7-5-13-37(41)48-42(49)15-9-16-43(48)50(35-23-25-46-40(29-35)36-12-6-8-17-44(36)51-46)34-21-18-30(19-22-34)33-20-24-45-38(27-33)39-26-31-10-3-4-11-32(31)28-47(39)52-45/h3-29H,1-2H3. The lowest BCUT2D eigenvalue weighted by Gasteiger charge is -2.29. The predicted octanol–water partition coefficient (Wildman–Crippen LogP) is 15.0. The van der Waals surface area contributed by atoms with E-state index in [9.17, 15) is 0 Å². The van der Waals surface area contributed by atoms with Crippen molar-refractivity contribution in [3.05, 3.63) is 175 Å². The van der Waals surface area contributed by atoms with Crippen LogP contribution in [0.15, 0.2) is 164 Å². The molecule has 0 saturated heterocycles. The molecule has 1 aliphatic rings. The van der Waals surface area contributed by atoms with Gasteiger partial charge in [0, 0.05) is 62.7 Å². The number of benzene rings is 8. The highest BCUT2D eigenvalue weighted by Crippen LogP contribution is 2.54. The summed E-state index contributed by atoms with van der Waals surface area (Å²) in [4.78, 5) is 2.48. The second-order valence-electron chi connectivity index (χ2n) is 14.5. The minimum Gasteiger partial charge on any atom is -0.310 e. The van der Waals surface area contributed by atoms with Crippen LogP contribution in [0.1, 0.15) is 25.0 Å². The van der Waals surface area contributed by atoms with Gasteiger partial charge < -0.3 is 4.90 Å². The maximum Gasteiger partial charge on any atom is 0.0543 e. The maximum atomic E-state index is 2.48. The fourth-order valence-corrected chi connectivity index (χ4v) is 10.8. The molecule has 10 aromatic rings. The average molecular weight is 700 g/mol. The molecular formula is C49H33NS2. The van der Waals surface area contributed by atoms with Crippen molar-refractivity contribution >= 4 is 90.9 Å². The first-order chi connectivity index (χ1) is 25.5. The fraction of sp³-hybridized carbons (Fsp3) is 0.0612. The maximum absolute atomic E-state index is 2.48. The zero-order chi connectivity index (χ0) is 34.6. The van der Waals surface area contributed by atoms with Gasteiger partial charge in [-0.3, -0.25) is 0 Å². The summed E-state index contributed by atoms with van der Waals surface area (Å²) in [7, 11) is 0. The number of anilines is 3. The molecule has 246 valence electrons. The number of fused-ring (bicyclic) bond motifs is 10. The monoisotopic (exact) mass is 699 g/mol. The largest absolute Gasteiger partial charge is 0.310 e. The first kappa shape index (κ1) is 29.9. The summed E-state index contributed by atoms with van der Waals surface area (Å²) in [6.45, 7) is 4.72. The molecule has 0 fully saturated rings. The van der Waals surface area contributed by atoms with E-state index in [0.29, 0.717) is 0 Å². The fourth-order valence-electron chi connectivity index (χ4n) is 8.65. The van der Waals surface area contributed by atoms with E-state index in [1.165, 1.54) is 90.2 Å². The molecule has 0 aliphatic heterocycles. The molecule has 3 heteroatoms. The van der Waals surface area contributed by atoms with Crippen LogP contribution >= 0.6 is 22.7 Å². The number of thiophene rings is 2. The minimum absolute atomic E-state index is 0.0816. The molecule has 2 aromatic heterocycles. The Morgan fingerprint density at radius 1 is 0.423 bits per heavy atom. The summed E-state index contributed by atoms with van der Waals surface area (Å²) in [6, 6.07) is 61.2. The Morgan fingerprint density at radius 3 is 1.90 bits per heavy atom. The van der Waals surface area contributed by atoms with Crippen molar-refractivity contribution in [2.45, 2.75) is 19.3 Å². The molecule has 0 unspecified atom stereocenters. The zero-order valence-corrected chi connectivity index (χ0v) is 30.5. The highest BCUT2D eigenvalue weighted by molar-refractivity contribution is 7.26. The second-order valence-corrected chi connectivity index (χ2v) is 16.7.